The van der Waals surface area contributed by atoms with Crippen molar-refractivity contribution in [2.45, 2.75) is 5.41 Å². The van der Waals surface area contributed by atoms with E-state index in [1.807, 2.05) is 6.20 Å². The molecule has 0 saturated heterocycles. The number of pyridine rings is 1. The van der Waals surface area contributed by atoms with Crippen LogP contribution in [-0.2, 0) is 5.41 Å². The summed E-state index contributed by atoms with van der Waals surface area (Å²) in [4.78, 5) is 7.32. The summed E-state index contributed by atoms with van der Waals surface area (Å²) in [5.41, 5.74) is 14.7. The van der Waals surface area contributed by atoms with Gasteiger partial charge < -0.3 is 4.90 Å². The van der Waals surface area contributed by atoms with E-state index in [-0.39, 0.29) is 0 Å². The first-order chi connectivity index (χ1) is 18.3. The minimum absolute atomic E-state index is 0.425. The molecule has 0 bridgehead atoms. The van der Waals surface area contributed by atoms with Crippen LogP contribution in [-0.4, -0.2) is 4.98 Å². The van der Waals surface area contributed by atoms with Crippen LogP contribution < -0.4 is 4.90 Å². The number of aromatic nitrogens is 1. The van der Waals surface area contributed by atoms with Crippen molar-refractivity contribution in [3.05, 3.63) is 142 Å². The Labute approximate surface area is 223 Å². The van der Waals surface area contributed by atoms with Crippen molar-refractivity contribution in [1.82, 2.24) is 4.98 Å². The Morgan fingerprint density at radius 1 is 0.568 bits per heavy atom. The number of nitrogens with zero attached hydrogens (tertiary/aromatic N) is 2. The first-order valence-corrected chi connectivity index (χ1v) is 13.4. The minimum Gasteiger partial charge on any atom is -0.308 e. The van der Waals surface area contributed by atoms with Crippen molar-refractivity contribution in [2.24, 2.45) is 0 Å². The second kappa shape index (κ2) is 6.76. The summed E-state index contributed by atoms with van der Waals surface area (Å²) >= 11 is 3.84. The summed E-state index contributed by atoms with van der Waals surface area (Å²) in [6, 6.07) is 40.2. The second-order valence-corrected chi connectivity index (χ2v) is 11.0. The summed E-state index contributed by atoms with van der Waals surface area (Å²) in [6.07, 6.45) is 1.94. The van der Waals surface area contributed by atoms with Crippen LogP contribution in [0.3, 0.4) is 0 Å². The molecule has 0 saturated carbocycles. The largest absolute Gasteiger partial charge is 0.308 e. The Morgan fingerprint density at radius 3 is 2.05 bits per heavy atom. The van der Waals surface area contributed by atoms with Gasteiger partial charge in [-0.15, -0.1) is 0 Å². The highest BCUT2D eigenvalue weighted by Gasteiger charge is 2.53. The van der Waals surface area contributed by atoms with E-state index >= 15 is 0 Å². The molecule has 9 rings (SSSR count). The molecular weight excluding hydrogens is 516 g/mol. The van der Waals surface area contributed by atoms with Crippen LogP contribution in [0.2, 0.25) is 0 Å². The Balaban J connectivity index is 1.57. The Hall–Kier alpha value is -4.21. The van der Waals surface area contributed by atoms with E-state index in [2.05, 4.69) is 130 Å². The maximum Gasteiger partial charge on any atom is 0.0754 e. The standard InChI is InChI=1S/C34H19BrN2/c35-20-13-16-31-28(19-20)34(25-10-4-1-7-21(25)22-8-2-5-11-26(22)34)27-14-15-29-32-24(17-18-36-29)23-9-3-6-12-30(23)37(31)33(27)32/h1-19H. The van der Waals surface area contributed by atoms with E-state index in [0.29, 0.717) is 0 Å². The zero-order chi connectivity index (χ0) is 24.3. The van der Waals surface area contributed by atoms with Crippen molar-refractivity contribution in [3.8, 4) is 22.3 Å². The normalized spacial score (nSPS) is 14.8. The number of fused-ring (bicyclic) bond motifs is 12. The molecule has 172 valence electrons. The predicted molar refractivity (Wildman–Crippen MR) is 154 cm³/mol. The number of rotatable bonds is 0. The van der Waals surface area contributed by atoms with Crippen LogP contribution in [0, 0.1) is 0 Å². The third-order valence-corrected chi connectivity index (χ3v) is 8.99. The molecule has 1 spiro atoms. The molecule has 0 fully saturated rings. The number of halogens is 1. The molecule has 0 amide bonds. The van der Waals surface area contributed by atoms with Gasteiger partial charge in [-0.05, 0) is 75.3 Å². The number of hydrogen-bond donors (Lipinski definition) is 0. The number of anilines is 3. The smallest absolute Gasteiger partial charge is 0.0754 e. The first-order valence-electron chi connectivity index (χ1n) is 12.6. The van der Waals surface area contributed by atoms with Crippen molar-refractivity contribution in [3.63, 3.8) is 0 Å². The lowest BCUT2D eigenvalue weighted by Crippen LogP contribution is -2.37. The summed E-state index contributed by atoms with van der Waals surface area (Å²) in [6.45, 7) is 0. The van der Waals surface area contributed by atoms with E-state index in [1.54, 1.807) is 0 Å². The lowest BCUT2D eigenvalue weighted by molar-refractivity contribution is 0.753. The molecule has 3 heterocycles. The van der Waals surface area contributed by atoms with E-state index in [0.717, 1.165) is 9.99 Å². The van der Waals surface area contributed by atoms with Gasteiger partial charge in [-0.25, -0.2) is 0 Å². The van der Waals surface area contributed by atoms with E-state index in [9.17, 15) is 0 Å². The van der Waals surface area contributed by atoms with Crippen LogP contribution >= 0.6 is 15.9 Å². The summed E-state index contributed by atoms with van der Waals surface area (Å²) in [7, 11) is 0. The van der Waals surface area contributed by atoms with Crippen LogP contribution in [0.1, 0.15) is 22.3 Å². The molecule has 0 atom stereocenters. The van der Waals surface area contributed by atoms with E-state index in [1.165, 1.54) is 67.0 Å². The third-order valence-electron chi connectivity index (χ3n) is 8.50. The molecule has 37 heavy (non-hydrogen) atoms. The van der Waals surface area contributed by atoms with Gasteiger partial charge >= 0.3 is 0 Å². The second-order valence-electron chi connectivity index (χ2n) is 10.1. The number of para-hydroxylation sites is 1. The molecule has 5 aromatic carbocycles. The fraction of sp³-hybridized carbons (Fsp3) is 0.0294. The van der Waals surface area contributed by atoms with Crippen molar-refractivity contribution in [2.75, 3.05) is 4.90 Å². The van der Waals surface area contributed by atoms with Gasteiger partial charge in [0.25, 0.3) is 0 Å². The summed E-state index contributed by atoms with van der Waals surface area (Å²) in [5, 5.41) is 1.23. The third kappa shape index (κ3) is 2.22. The fourth-order valence-corrected chi connectivity index (χ4v) is 7.58. The van der Waals surface area contributed by atoms with E-state index in [4.69, 9.17) is 4.98 Å². The van der Waals surface area contributed by atoms with Gasteiger partial charge in [-0.1, -0.05) is 88.7 Å². The van der Waals surface area contributed by atoms with Crippen LogP contribution in [0.15, 0.2) is 120 Å². The van der Waals surface area contributed by atoms with Gasteiger partial charge in [0.15, 0.2) is 0 Å². The maximum absolute atomic E-state index is 4.83. The lowest BCUT2D eigenvalue weighted by atomic mass is 9.63. The Kier molecular flexibility index (Phi) is 3.64. The highest BCUT2D eigenvalue weighted by molar-refractivity contribution is 9.10. The molecule has 0 radical (unpaired) electrons. The summed E-state index contributed by atoms with van der Waals surface area (Å²) < 4.78 is 1.09. The molecule has 0 unspecified atom stereocenters. The maximum atomic E-state index is 4.83. The average molecular weight is 535 g/mol. The van der Waals surface area contributed by atoms with Crippen LogP contribution in [0.5, 0.6) is 0 Å². The zero-order valence-electron chi connectivity index (χ0n) is 19.7. The SMILES string of the molecule is Brc1ccc2c(c1)C1(c3ccccc3-c3ccccc31)c1ccc3nccc4c3c1N2c1ccccc1-4. The zero-order valence-corrected chi connectivity index (χ0v) is 21.3. The molecule has 1 aromatic heterocycles. The van der Waals surface area contributed by atoms with Crippen LogP contribution in [0.25, 0.3) is 33.2 Å². The lowest BCUT2D eigenvalue weighted by Gasteiger charge is -2.47. The monoisotopic (exact) mass is 534 g/mol. The molecule has 3 heteroatoms. The molecular formula is C34H19BrN2. The minimum atomic E-state index is -0.425. The molecule has 0 N–H and O–H groups in total. The highest BCUT2D eigenvalue weighted by atomic mass is 79.9. The van der Waals surface area contributed by atoms with Gasteiger partial charge in [0.1, 0.15) is 0 Å². The van der Waals surface area contributed by atoms with Gasteiger partial charge in [-0.2, -0.15) is 0 Å². The fourth-order valence-electron chi connectivity index (χ4n) is 7.22. The molecule has 3 aliphatic rings. The first kappa shape index (κ1) is 19.9. The highest BCUT2D eigenvalue weighted by Crippen LogP contribution is 2.66. The van der Waals surface area contributed by atoms with Crippen molar-refractivity contribution < 1.29 is 0 Å². The predicted octanol–water partition coefficient (Wildman–Crippen LogP) is 9.12. The number of benzene rings is 5. The molecule has 6 aromatic rings. The number of hydrogen-bond acceptors (Lipinski definition) is 2. The quantitative estimate of drug-likeness (QED) is 0.193. The van der Waals surface area contributed by atoms with E-state index < -0.39 is 5.41 Å². The topological polar surface area (TPSA) is 16.1 Å². The molecule has 2 nitrogen and oxygen atoms in total. The summed E-state index contributed by atoms with van der Waals surface area (Å²) in [5.74, 6) is 0. The van der Waals surface area contributed by atoms with Crippen molar-refractivity contribution >= 4 is 43.9 Å². The Bertz CT molecular complexity index is 1930. The van der Waals surface area contributed by atoms with Gasteiger partial charge in [-0.3, -0.25) is 4.98 Å². The molecule has 2 aliphatic heterocycles. The van der Waals surface area contributed by atoms with Crippen molar-refractivity contribution in [1.29, 1.82) is 0 Å². The van der Waals surface area contributed by atoms with Crippen LogP contribution in [0.4, 0.5) is 17.1 Å². The average Bonchev–Trinajstić information content (AvgIpc) is 3.24. The van der Waals surface area contributed by atoms with Gasteiger partial charge in [0.05, 0.1) is 28.0 Å². The van der Waals surface area contributed by atoms with Gasteiger partial charge in [0.2, 0.25) is 0 Å². The molecule has 1 aliphatic carbocycles. The van der Waals surface area contributed by atoms with Gasteiger partial charge in [0, 0.05) is 21.6 Å². The Morgan fingerprint density at radius 2 is 1.27 bits per heavy atom.